The van der Waals surface area contributed by atoms with Crippen LogP contribution in [0, 0.1) is 5.21 Å². The fraction of sp³-hybridized carbons (Fsp3) is 0.263. The van der Waals surface area contributed by atoms with Crippen molar-refractivity contribution in [2.75, 3.05) is 13.7 Å². The molecule has 3 rings (SSSR count). The Morgan fingerprint density at radius 1 is 1.15 bits per heavy atom. The van der Waals surface area contributed by atoms with E-state index >= 15 is 0 Å². The Balaban J connectivity index is 1.73. The maximum Gasteiger partial charge on any atom is 0.405 e. The molecule has 27 heavy (non-hydrogen) atoms. The molecule has 0 N–H and O–H groups in total. The van der Waals surface area contributed by atoms with Gasteiger partial charge in [-0.2, -0.15) is 4.73 Å². The Hall–Kier alpha value is -3.42. The minimum atomic E-state index is -0.911. The number of amides is 1. The molecule has 0 unspecified atom stereocenters. The average Bonchev–Trinajstić information content (AvgIpc) is 2.70. The number of methoxy groups -OCH3 is 1. The second-order valence-electron chi connectivity index (χ2n) is 6.02. The molecule has 8 nitrogen and oxygen atoms in total. The number of carbonyl (C=O) groups excluding carboxylic acids is 3. The van der Waals surface area contributed by atoms with Gasteiger partial charge in [0.2, 0.25) is 0 Å². The summed E-state index contributed by atoms with van der Waals surface area (Å²) >= 11 is 0. The molecule has 0 radical (unpaired) electrons. The number of rotatable bonds is 4. The van der Waals surface area contributed by atoms with Crippen LogP contribution >= 0.6 is 0 Å². The zero-order valence-corrected chi connectivity index (χ0v) is 14.7. The Labute approximate surface area is 155 Å². The first-order chi connectivity index (χ1) is 13.0. The zero-order valence-electron chi connectivity index (χ0n) is 14.7. The van der Waals surface area contributed by atoms with Gasteiger partial charge in [-0.25, -0.2) is 9.59 Å². The van der Waals surface area contributed by atoms with Crippen LogP contribution in [0.2, 0.25) is 0 Å². The topological polar surface area (TPSA) is 99.8 Å². The first-order valence-electron chi connectivity index (χ1n) is 8.30. The largest absolute Gasteiger partial charge is 0.618 e. The summed E-state index contributed by atoms with van der Waals surface area (Å²) in [6.45, 7) is -0.372. The van der Waals surface area contributed by atoms with E-state index in [0.717, 1.165) is 17.3 Å². The van der Waals surface area contributed by atoms with Gasteiger partial charge in [-0.15, -0.1) is 0 Å². The van der Waals surface area contributed by atoms with Crippen molar-refractivity contribution in [3.05, 3.63) is 70.7 Å². The fourth-order valence-corrected chi connectivity index (χ4v) is 3.00. The number of pyridine rings is 1. The summed E-state index contributed by atoms with van der Waals surface area (Å²) in [6, 6.07) is 11.0. The normalized spacial score (nSPS) is 15.6. The highest BCUT2D eigenvalue weighted by Gasteiger charge is 2.35. The van der Waals surface area contributed by atoms with Crippen LogP contribution in [0.5, 0.6) is 0 Å². The third-order valence-electron chi connectivity index (χ3n) is 4.40. The van der Waals surface area contributed by atoms with Gasteiger partial charge in [-0.1, -0.05) is 24.3 Å². The van der Waals surface area contributed by atoms with Crippen LogP contribution in [0.25, 0.3) is 0 Å². The molecule has 8 heteroatoms. The molecule has 0 aliphatic carbocycles. The van der Waals surface area contributed by atoms with E-state index in [9.17, 15) is 19.6 Å². The molecular weight excluding hydrogens is 352 g/mol. The van der Waals surface area contributed by atoms with Crippen molar-refractivity contribution in [1.29, 1.82) is 0 Å². The lowest BCUT2D eigenvalue weighted by Gasteiger charge is -2.35. The van der Waals surface area contributed by atoms with E-state index < -0.39 is 30.5 Å². The predicted octanol–water partition coefficient (Wildman–Crippen LogP) is 0.603. The van der Waals surface area contributed by atoms with E-state index in [1.807, 2.05) is 24.3 Å². The van der Waals surface area contributed by atoms with Gasteiger partial charge in [0, 0.05) is 25.1 Å². The van der Waals surface area contributed by atoms with Crippen LogP contribution in [0.1, 0.15) is 21.6 Å². The van der Waals surface area contributed by atoms with Gasteiger partial charge in [-0.3, -0.25) is 4.79 Å². The lowest BCUT2D eigenvalue weighted by atomic mass is 9.94. The number of hydrogen-bond donors (Lipinski definition) is 0. The lowest BCUT2D eigenvalue weighted by Crippen LogP contribution is -2.50. The van der Waals surface area contributed by atoms with E-state index in [0.29, 0.717) is 11.2 Å². The van der Waals surface area contributed by atoms with Crippen LogP contribution in [-0.4, -0.2) is 42.5 Å². The van der Waals surface area contributed by atoms with Crippen molar-refractivity contribution in [3.63, 3.8) is 0 Å². The molecular formula is C19H18N2O6. The molecule has 0 spiro atoms. The summed E-state index contributed by atoms with van der Waals surface area (Å²) in [6.07, 6.45) is 1.48. The summed E-state index contributed by atoms with van der Waals surface area (Å²) < 4.78 is 10.1. The molecule has 1 aromatic carbocycles. The number of esters is 2. The maximum atomic E-state index is 12.6. The van der Waals surface area contributed by atoms with E-state index in [-0.39, 0.29) is 12.2 Å². The van der Waals surface area contributed by atoms with Crippen molar-refractivity contribution < 1.29 is 28.6 Å². The van der Waals surface area contributed by atoms with E-state index in [1.165, 1.54) is 30.2 Å². The summed E-state index contributed by atoms with van der Waals surface area (Å²) in [5.74, 6) is -1.99. The van der Waals surface area contributed by atoms with Gasteiger partial charge >= 0.3 is 17.6 Å². The van der Waals surface area contributed by atoms with Crippen LogP contribution in [-0.2, 0) is 32.0 Å². The predicted molar refractivity (Wildman–Crippen MR) is 92.2 cm³/mol. The van der Waals surface area contributed by atoms with Gasteiger partial charge in [0.1, 0.15) is 6.04 Å². The number of fused-ring (bicyclic) bond motifs is 1. The number of benzene rings is 1. The monoisotopic (exact) mass is 370 g/mol. The van der Waals surface area contributed by atoms with Crippen molar-refractivity contribution in [2.45, 2.75) is 19.0 Å². The highest BCUT2D eigenvalue weighted by atomic mass is 16.5. The molecule has 0 fully saturated rings. The average molecular weight is 370 g/mol. The molecule has 0 saturated carbocycles. The molecule has 1 atom stereocenters. The SMILES string of the molecule is COC(=O)[C@H]1Cc2ccccc2CN1C(=O)COC(=O)c1cccc[n+]1[O-]. The van der Waals surface area contributed by atoms with Crippen LogP contribution in [0.3, 0.4) is 0 Å². The molecule has 0 saturated heterocycles. The first kappa shape index (κ1) is 18.4. The van der Waals surface area contributed by atoms with Crippen molar-refractivity contribution in [2.24, 2.45) is 0 Å². The van der Waals surface area contributed by atoms with Crippen molar-refractivity contribution in [3.8, 4) is 0 Å². The molecule has 1 aliphatic rings. The second-order valence-corrected chi connectivity index (χ2v) is 6.02. The Morgan fingerprint density at radius 3 is 2.56 bits per heavy atom. The van der Waals surface area contributed by atoms with Crippen LogP contribution in [0.4, 0.5) is 0 Å². The minimum absolute atomic E-state index is 0.208. The van der Waals surface area contributed by atoms with E-state index in [2.05, 4.69) is 0 Å². The first-order valence-corrected chi connectivity index (χ1v) is 8.30. The van der Waals surface area contributed by atoms with Crippen molar-refractivity contribution in [1.82, 2.24) is 4.90 Å². The Bertz CT molecular complexity index is 882. The van der Waals surface area contributed by atoms with Crippen LogP contribution in [0.15, 0.2) is 48.7 Å². The Kier molecular flexibility index (Phi) is 5.35. The molecule has 2 heterocycles. The highest BCUT2D eigenvalue weighted by Crippen LogP contribution is 2.24. The summed E-state index contributed by atoms with van der Waals surface area (Å²) in [5.41, 5.74) is 1.65. The quantitative estimate of drug-likeness (QED) is 0.444. The number of carbonyl (C=O) groups is 3. The van der Waals surface area contributed by atoms with Gasteiger partial charge in [0.05, 0.1) is 7.11 Å². The van der Waals surface area contributed by atoms with Gasteiger partial charge in [0.25, 0.3) is 5.91 Å². The fourth-order valence-electron chi connectivity index (χ4n) is 3.00. The molecule has 1 aromatic heterocycles. The number of nitrogens with zero attached hydrogens (tertiary/aromatic N) is 2. The zero-order chi connectivity index (χ0) is 19.4. The summed E-state index contributed by atoms with van der Waals surface area (Å²) in [5, 5.41) is 11.6. The molecule has 140 valence electrons. The van der Waals surface area contributed by atoms with E-state index in [4.69, 9.17) is 9.47 Å². The summed E-state index contributed by atoms with van der Waals surface area (Å²) in [4.78, 5) is 38.1. The van der Waals surface area contributed by atoms with E-state index in [1.54, 1.807) is 0 Å². The standard InChI is InChI=1S/C19H18N2O6/c1-26-18(23)16-10-13-6-2-3-7-14(13)11-20(16)17(22)12-27-19(24)15-8-4-5-9-21(15)25/h2-9,16H,10-12H2,1H3/t16-/m1/s1. The number of aromatic nitrogens is 1. The molecule has 1 amide bonds. The molecule has 1 aliphatic heterocycles. The van der Waals surface area contributed by atoms with Gasteiger partial charge in [0.15, 0.2) is 12.8 Å². The van der Waals surface area contributed by atoms with Gasteiger partial charge < -0.3 is 19.6 Å². The third-order valence-corrected chi connectivity index (χ3v) is 4.40. The smallest absolute Gasteiger partial charge is 0.405 e. The molecule has 2 aromatic rings. The Morgan fingerprint density at radius 2 is 1.85 bits per heavy atom. The van der Waals surface area contributed by atoms with Crippen molar-refractivity contribution >= 4 is 17.8 Å². The summed E-state index contributed by atoms with van der Waals surface area (Å²) in [7, 11) is 1.26. The second kappa shape index (κ2) is 7.86. The highest BCUT2D eigenvalue weighted by molar-refractivity contribution is 5.90. The number of hydrogen-bond acceptors (Lipinski definition) is 6. The number of ether oxygens (including phenoxy) is 2. The minimum Gasteiger partial charge on any atom is -0.618 e. The lowest BCUT2D eigenvalue weighted by molar-refractivity contribution is -0.608. The maximum absolute atomic E-state index is 12.6. The van der Waals surface area contributed by atoms with Gasteiger partial charge in [-0.05, 0) is 17.2 Å². The van der Waals surface area contributed by atoms with Crippen LogP contribution < -0.4 is 4.73 Å². The third kappa shape index (κ3) is 3.89. The molecule has 0 bridgehead atoms.